The Bertz CT molecular complexity index is 623. The van der Waals surface area contributed by atoms with Crippen LogP contribution >= 0.6 is 11.8 Å². The fraction of sp³-hybridized carbons (Fsp3) is 0.444. The van der Waals surface area contributed by atoms with E-state index in [0.29, 0.717) is 0 Å². The second-order valence-corrected chi connectivity index (χ2v) is 6.64. The Kier molecular flexibility index (Phi) is 7.68. The molecule has 24 heavy (non-hydrogen) atoms. The Balaban J connectivity index is 1.86. The summed E-state index contributed by atoms with van der Waals surface area (Å²) in [5.41, 5.74) is 2.23. The van der Waals surface area contributed by atoms with Gasteiger partial charge in [-0.25, -0.2) is 4.68 Å². The standard InChI is InChI=1S/C18H27N5S/c1-19-18(20-11-7-8-12-24-3)22(2)14-16-13-21-23(15-16)17-9-5-4-6-10-17/h4-6,9-10,13,15H,7-8,11-12,14H2,1-3H3,(H,19,20). The van der Waals surface area contributed by atoms with Gasteiger partial charge in [0.05, 0.1) is 11.9 Å². The zero-order valence-corrected chi connectivity index (χ0v) is 15.6. The van der Waals surface area contributed by atoms with Crippen molar-refractivity contribution in [3.8, 4) is 5.69 Å². The predicted octanol–water partition coefficient (Wildman–Crippen LogP) is 3.02. The lowest BCUT2D eigenvalue weighted by Crippen LogP contribution is -2.38. The van der Waals surface area contributed by atoms with Crippen molar-refractivity contribution < 1.29 is 0 Å². The molecule has 2 rings (SSSR count). The fourth-order valence-corrected chi connectivity index (χ4v) is 2.96. The van der Waals surface area contributed by atoms with Gasteiger partial charge in [-0.1, -0.05) is 18.2 Å². The lowest BCUT2D eigenvalue weighted by atomic mass is 10.3. The summed E-state index contributed by atoms with van der Waals surface area (Å²) in [6, 6.07) is 10.2. The molecule has 0 amide bonds. The number of hydrogen-bond donors (Lipinski definition) is 1. The number of para-hydroxylation sites is 1. The topological polar surface area (TPSA) is 45.5 Å². The highest BCUT2D eigenvalue weighted by Gasteiger charge is 2.08. The third-order valence-electron chi connectivity index (χ3n) is 3.71. The number of aliphatic imine (C=N–C) groups is 1. The van der Waals surface area contributed by atoms with Crippen LogP contribution in [0.5, 0.6) is 0 Å². The molecule has 0 radical (unpaired) electrons. The Labute approximate surface area is 149 Å². The predicted molar refractivity (Wildman–Crippen MR) is 104 cm³/mol. The zero-order chi connectivity index (χ0) is 17.2. The van der Waals surface area contributed by atoms with Gasteiger partial charge in [0.2, 0.25) is 0 Å². The first-order valence-corrected chi connectivity index (χ1v) is 9.63. The van der Waals surface area contributed by atoms with E-state index in [1.165, 1.54) is 18.6 Å². The molecule has 0 atom stereocenters. The van der Waals surface area contributed by atoms with Crippen LogP contribution in [0.1, 0.15) is 18.4 Å². The van der Waals surface area contributed by atoms with E-state index in [1.54, 1.807) is 0 Å². The second kappa shape index (κ2) is 10.0. The van der Waals surface area contributed by atoms with E-state index in [4.69, 9.17) is 0 Å². The highest BCUT2D eigenvalue weighted by Crippen LogP contribution is 2.09. The number of aromatic nitrogens is 2. The Morgan fingerprint density at radius 2 is 2.08 bits per heavy atom. The SMILES string of the molecule is CN=C(NCCCCSC)N(C)Cc1cnn(-c2ccccc2)c1. The molecule has 6 heteroatoms. The number of hydrogen-bond acceptors (Lipinski definition) is 3. The second-order valence-electron chi connectivity index (χ2n) is 5.66. The fourth-order valence-electron chi connectivity index (χ4n) is 2.47. The molecule has 0 fully saturated rings. The largest absolute Gasteiger partial charge is 0.356 e. The summed E-state index contributed by atoms with van der Waals surface area (Å²) in [6.07, 6.45) is 8.53. The van der Waals surface area contributed by atoms with Gasteiger partial charge in [-0.05, 0) is 37.0 Å². The zero-order valence-electron chi connectivity index (χ0n) is 14.8. The Hall–Kier alpha value is -1.95. The number of guanidine groups is 1. The van der Waals surface area contributed by atoms with Gasteiger partial charge in [0.15, 0.2) is 5.96 Å². The van der Waals surface area contributed by atoms with E-state index in [2.05, 4.69) is 51.9 Å². The minimum Gasteiger partial charge on any atom is -0.356 e. The third-order valence-corrected chi connectivity index (χ3v) is 4.41. The third kappa shape index (κ3) is 5.60. The van der Waals surface area contributed by atoms with E-state index in [0.717, 1.165) is 30.3 Å². The maximum absolute atomic E-state index is 4.45. The Morgan fingerprint density at radius 3 is 2.79 bits per heavy atom. The van der Waals surface area contributed by atoms with Crippen molar-refractivity contribution in [1.29, 1.82) is 0 Å². The quantitative estimate of drug-likeness (QED) is 0.454. The van der Waals surface area contributed by atoms with Gasteiger partial charge in [0.25, 0.3) is 0 Å². The van der Waals surface area contributed by atoms with Crippen molar-refractivity contribution in [2.75, 3.05) is 32.6 Å². The monoisotopic (exact) mass is 345 g/mol. The smallest absolute Gasteiger partial charge is 0.193 e. The van der Waals surface area contributed by atoms with Crippen LogP contribution in [-0.2, 0) is 6.54 Å². The van der Waals surface area contributed by atoms with Crippen LogP contribution in [-0.4, -0.2) is 53.3 Å². The number of thioether (sulfide) groups is 1. The van der Waals surface area contributed by atoms with Crippen molar-refractivity contribution in [2.24, 2.45) is 4.99 Å². The first kappa shape index (κ1) is 18.4. The molecule has 1 aromatic carbocycles. The molecule has 1 N–H and O–H groups in total. The van der Waals surface area contributed by atoms with Gasteiger partial charge in [-0.3, -0.25) is 4.99 Å². The van der Waals surface area contributed by atoms with Gasteiger partial charge in [-0.15, -0.1) is 0 Å². The summed E-state index contributed by atoms with van der Waals surface area (Å²) in [4.78, 5) is 6.49. The summed E-state index contributed by atoms with van der Waals surface area (Å²) in [6.45, 7) is 1.73. The first-order valence-electron chi connectivity index (χ1n) is 8.24. The first-order chi connectivity index (χ1) is 11.7. The van der Waals surface area contributed by atoms with Crippen LogP contribution < -0.4 is 5.32 Å². The van der Waals surface area contributed by atoms with Crippen molar-refractivity contribution in [3.05, 3.63) is 48.3 Å². The molecular formula is C18H27N5S. The van der Waals surface area contributed by atoms with Gasteiger partial charge >= 0.3 is 0 Å². The lowest BCUT2D eigenvalue weighted by Gasteiger charge is -2.21. The van der Waals surface area contributed by atoms with Gasteiger partial charge in [-0.2, -0.15) is 16.9 Å². The minimum atomic E-state index is 0.775. The summed E-state index contributed by atoms with van der Waals surface area (Å²) in [5, 5.41) is 7.87. The van der Waals surface area contributed by atoms with Crippen molar-refractivity contribution >= 4 is 17.7 Å². The Morgan fingerprint density at radius 1 is 1.29 bits per heavy atom. The normalized spacial score (nSPS) is 11.5. The van der Waals surface area contributed by atoms with E-state index >= 15 is 0 Å². The van der Waals surface area contributed by atoms with E-state index in [-0.39, 0.29) is 0 Å². The number of nitrogens with one attached hydrogen (secondary N) is 1. The molecule has 0 aliphatic rings. The highest BCUT2D eigenvalue weighted by molar-refractivity contribution is 7.98. The maximum atomic E-state index is 4.45. The van der Waals surface area contributed by atoms with Crippen LogP contribution in [0.3, 0.4) is 0 Å². The van der Waals surface area contributed by atoms with Crippen molar-refractivity contribution in [3.63, 3.8) is 0 Å². The minimum absolute atomic E-state index is 0.775. The van der Waals surface area contributed by atoms with Crippen molar-refractivity contribution in [1.82, 2.24) is 20.0 Å². The van der Waals surface area contributed by atoms with Gasteiger partial charge < -0.3 is 10.2 Å². The summed E-state index contributed by atoms with van der Waals surface area (Å²) >= 11 is 1.90. The molecule has 0 unspecified atom stereocenters. The molecule has 0 aliphatic heterocycles. The molecule has 1 aromatic heterocycles. The van der Waals surface area contributed by atoms with Gasteiger partial charge in [0, 0.05) is 38.9 Å². The average molecular weight is 346 g/mol. The number of rotatable bonds is 8. The van der Waals surface area contributed by atoms with Crippen LogP contribution in [0.15, 0.2) is 47.7 Å². The van der Waals surface area contributed by atoms with Crippen molar-refractivity contribution in [2.45, 2.75) is 19.4 Å². The molecule has 1 heterocycles. The lowest BCUT2D eigenvalue weighted by molar-refractivity contribution is 0.475. The summed E-state index contributed by atoms with van der Waals surface area (Å²) in [7, 11) is 3.88. The molecule has 130 valence electrons. The molecular weight excluding hydrogens is 318 g/mol. The molecule has 0 bridgehead atoms. The van der Waals surface area contributed by atoms with Crippen LogP contribution in [0.4, 0.5) is 0 Å². The summed E-state index contributed by atoms with van der Waals surface area (Å²) < 4.78 is 1.90. The van der Waals surface area contributed by atoms with E-state index in [1.807, 2.05) is 47.9 Å². The highest BCUT2D eigenvalue weighted by atomic mass is 32.2. The summed E-state index contributed by atoms with van der Waals surface area (Å²) in [5.74, 6) is 2.14. The molecule has 0 saturated heterocycles. The molecule has 2 aromatic rings. The maximum Gasteiger partial charge on any atom is 0.193 e. The van der Waals surface area contributed by atoms with E-state index in [9.17, 15) is 0 Å². The molecule has 0 saturated carbocycles. The molecule has 5 nitrogen and oxygen atoms in total. The van der Waals surface area contributed by atoms with Crippen LogP contribution in [0.2, 0.25) is 0 Å². The number of nitrogens with zero attached hydrogens (tertiary/aromatic N) is 4. The van der Waals surface area contributed by atoms with Crippen LogP contribution in [0, 0.1) is 0 Å². The van der Waals surface area contributed by atoms with Gasteiger partial charge in [0.1, 0.15) is 0 Å². The number of unbranched alkanes of at least 4 members (excludes halogenated alkanes) is 1. The van der Waals surface area contributed by atoms with E-state index < -0.39 is 0 Å². The molecule has 0 spiro atoms. The average Bonchev–Trinajstić information content (AvgIpc) is 3.07. The van der Waals surface area contributed by atoms with Crippen LogP contribution in [0.25, 0.3) is 5.69 Å². The number of benzene rings is 1. The molecule has 0 aliphatic carbocycles.